The number of hydrogen-bond donors (Lipinski definition) is 0. The molecule has 1 aliphatic rings. The van der Waals surface area contributed by atoms with E-state index < -0.39 is 17.8 Å². The van der Waals surface area contributed by atoms with Crippen molar-refractivity contribution in [1.82, 2.24) is 29.9 Å². The number of carbonyl (C=O) groups excluding carboxylic acids is 3. The molecule has 11 heteroatoms. The molecule has 0 fully saturated rings. The van der Waals surface area contributed by atoms with Crippen molar-refractivity contribution in [3.63, 3.8) is 0 Å². The van der Waals surface area contributed by atoms with Gasteiger partial charge in [-0.2, -0.15) is 0 Å². The van der Waals surface area contributed by atoms with Crippen molar-refractivity contribution >= 4 is 39.5 Å². The van der Waals surface area contributed by atoms with Gasteiger partial charge in [-0.1, -0.05) is 17.3 Å². The standard InChI is InChI=1S/C19H12N6O4S/c1-29-19(28)15-14(13-16(30-15)21-7-6-20-13)25-10(8-22-23-25)9-24-17(26)11-4-2-3-5-12(11)18(24)27/h2-8H,9H2,1H3. The number of aromatic nitrogens is 5. The Kier molecular flexibility index (Phi) is 4.10. The van der Waals surface area contributed by atoms with Gasteiger partial charge in [-0.3, -0.25) is 14.5 Å². The highest BCUT2D eigenvalue weighted by molar-refractivity contribution is 7.20. The Morgan fingerprint density at radius 3 is 2.50 bits per heavy atom. The van der Waals surface area contributed by atoms with E-state index in [2.05, 4.69) is 20.3 Å². The number of hydrogen-bond acceptors (Lipinski definition) is 9. The predicted octanol–water partition coefficient (Wildman–Crippen LogP) is 1.85. The van der Waals surface area contributed by atoms with Gasteiger partial charge in [0.05, 0.1) is 36.7 Å². The molecule has 0 aliphatic carbocycles. The molecular weight excluding hydrogens is 408 g/mol. The van der Waals surface area contributed by atoms with E-state index in [0.717, 1.165) is 16.2 Å². The van der Waals surface area contributed by atoms with Crippen molar-refractivity contribution in [2.24, 2.45) is 0 Å². The Labute approximate surface area is 172 Å². The van der Waals surface area contributed by atoms with Gasteiger partial charge in [-0.25, -0.2) is 19.4 Å². The van der Waals surface area contributed by atoms with Crippen molar-refractivity contribution in [2.45, 2.75) is 6.54 Å². The van der Waals surface area contributed by atoms with Gasteiger partial charge in [-0.05, 0) is 12.1 Å². The number of esters is 1. The third-order valence-electron chi connectivity index (χ3n) is 4.70. The highest BCUT2D eigenvalue weighted by atomic mass is 32.1. The van der Waals surface area contributed by atoms with Gasteiger partial charge in [0, 0.05) is 12.4 Å². The first kappa shape index (κ1) is 18.1. The van der Waals surface area contributed by atoms with Crippen molar-refractivity contribution in [2.75, 3.05) is 7.11 Å². The van der Waals surface area contributed by atoms with Crippen LogP contribution in [0.2, 0.25) is 0 Å². The van der Waals surface area contributed by atoms with Crippen LogP contribution in [0.3, 0.4) is 0 Å². The summed E-state index contributed by atoms with van der Waals surface area (Å²) in [5, 5.41) is 8.00. The Balaban J connectivity index is 1.60. The molecule has 2 amide bonds. The second-order valence-electron chi connectivity index (χ2n) is 6.36. The molecular formula is C19H12N6O4S. The van der Waals surface area contributed by atoms with Crippen LogP contribution in [-0.4, -0.2) is 54.8 Å². The van der Waals surface area contributed by atoms with E-state index in [1.165, 1.54) is 30.4 Å². The molecule has 0 atom stereocenters. The fraction of sp³-hybridized carbons (Fsp3) is 0.105. The number of thiophene rings is 1. The minimum atomic E-state index is -0.572. The lowest BCUT2D eigenvalue weighted by atomic mass is 10.1. The number of benzene rings is 1. The fourth-order valence-corrected chi connectivity index (χ4v) is 4.34. The van der Waals surface area contributed by atoms with Crippen LogP contribution >= 0.6 is 11.3 Å². The van der Waals surface area contributed by atoms with Crippen LogP contribution in [0.15, 0.2) is 42.9 Å². The van der Waals surface area contributed by atoms with Crippen LogP contribution in [0.25, 0.3) is 16.0 Å². The normalized spacial score (nSPS) is 13.2. The van der Waals surface area contributed by atoms with Gasteiger partial charge in [0.2, 0.25) is 0 Å². The second-order valence-corrected chi connectivity index (χ2v) is 7.36. The van der Waals surface area contributed by atoms with E-state index in [0.29, 0.717) is 32.9 Å². The summed E-state index contributed by atoms with van der Waals surface area (Å²) in [6.07, 6.45) is 4.45. The summed E-state index contributed by atoms with van der Waals surface area (Å²) in [5.41, 5.74) is 1.92. The molecule has 0 N–H and O–H groups in total. The smallest absolute Gasteiger partial charge is 0.350 e. The van der Waals surface area contributed by atoms with E-state index >= 15 is 0 Å². The van der Waals surface area contributed by atoms with Crippen LogP contribution in [0.4, 0.5) is 0 Å². The summed E-state index contributed by atoms with van der Waals surface area (Å²) < 4.78 is 6.28. The number of carbonyl (C=O) groups is 3. The maximum Gasteiger partial charge on any atom is 0.350 e. The van der Waals surface area contributed by atoms with Gasteiger partial charge >= 0.3 is 5.97 Å². The molecule has 4 heterocycles. The number of imide groups is 1. The average molecular weight is 420 g/mol. The Morgan fingerprint density at radius 2 is 1.80 bits per heavy atom. The molecule has 0 spiro atoms. The van der Waals surface area contributed by atoms with Crippen LogP contribution in [0.1, 0.15) is 36.1 Å². The maximum absolute atomic E-state index is 12.7. The Bertz CT molecular complexity index is 1310. The van der Waals surface area contributed by atoms with Gasteiger partial charge in [0.25, 0.3) is 11.8 Å². The summed E-state index contributed by atoms with van der Waals surface area (Å²) >= 11 is 1.11. The number of ether oxygens (including phenoxy) is 1. The highest BCUT2D eigenvalue weighted by Crippen LogP contribution is 2.33. The van der Waals surface area contributed by atoms with Gasteiger partial charge < -0.3 is 4.74 Å². The van der Waals surface area contributed by atoms with E-state index in [1.807, 2.05) is 0 Å². The van der Waals surface area contributed by atoms with Gasteiger partial charge in [-0.15, -0.1) is 16.4 Å². The van der Waals surface area contributed by atoms with Crippen LogP contribution in [0.5, 0.6) is 0 Å². The number of methoxy groups -OCH3 is 1. The van der Waals surface area contributed by atoms with Crippen LogP contribution in [-0.2, 0) is 11.3 Å². The summed E-state index contributed by atoms with van der Waals surface area (Å²) in [4.78, 5) is 48.3. The van der Waals surface area contributed by atoms with Crippen molar-refractivity contribution in [1.29, 1.82) is 0 Å². The molecule has 148 valence electrons. The molecule has 0 radical (unpaired) electrons. The van der Waals surface area contributed by atoms with E-state index in [1.54, 1.807) is 24.3 Å². The summed E-state index contributed by atoms with van der Waals surface area (Å²) in [5.74, 6) is -1.37. The first-order valence-electron chi connectivity index (χ1n) is 8.77. The maximum atomic E-state index is 12.7. The van der Waals surface area contributed by atoms with E-state index in [9.17, 15) is 14.4 Å². The molecule has 5 rings (SSSR count). The van der Waals surface area contributed by atoms with Crippen molar-refractivity contribution in [3.8, 4) is 5.69 Å². The van der Waals surface area contributed by atoms with Gasteiger partial charge in [0.15, 0.2) is 0 Å². The minimum Gasteiger partial charge on any atom is -0.465 e. The zero-order valence-corrected chi connectivity index (χ0v) is 16.3. The molecule has 4 aromatic rings. The molecule has 0 saturated carbocycles. The molecule has 10 nitrogen and oxygen atoms in total. The quantitative estimate of drug-likeness (QED) is 0.362. The number of rotatable bonds is 4. The summed E-state index contributed by atoms with van der Waals surface area (Å²) in [6.45, 7) is -0.0719. The molecule has 0 saturated heterocycles. The monoisotopic (exact) mass is 420 g/mol. The molecule has 30 heavy (non-hydrogen) atoms. The van der Waals surface area contributed by atoms with Gasteiger partial charge in [0.1, 0.15) is 20.9 Å². The lowest BCUT2D eigenvalue weighted by Crippen LogP contribution is -2.30. The largest absolute Gasteiger partial charge is 0.465 e. The number of amides is 2. The van der Waals surface area contributed by atoms with Crippen molar-refractivity contribution < 1.29 is 19.1 Å². The van der Waals surface area contributed by atoms with E-state index in [-0.39, 0.29) is 11.4 Å². The second kappa shape index (κ2) is 6.81. The molecule has 3 aromatic heterocycles. The first-order valence-corrected chi connectivity index (χ1v) is 9.58. The zero-order chi connectivity index (χ0) is 20.8. The molecule has 1 aliphatic heterocycles. The predicted molar refractivity (Wildman–Crippen MR) is 104 cm³/mol. The topological polar surface area (TPSA) is 120 Å². The molecule has 1 aromatic carbocycles. The molecule has 0 bridgehead atoms. The Hall–Kier alpha value is -3.99. The lowest BCUT2D eigenvalue weighted by molar-refractivity contribution is 0.0600. The highest BCUT2D eigenvalue weighted by Gasteiger charge is 2.36. The minimum absolute atomic E-state index is 0.0719. The summed E-state index contributed by atoms with van der Waals surface area (Å²) in [6, 6.07) is 6.64. The third-order valence-corrected chi connectivity index (χ3v) is 5.76. The average Bonchev–Trinajstić information content (AvgIpc) is 3.45. The SMILES string of the molecule is COC(=O)c1sc2nccnc2c1-n1nncc1CN1C(=O)c2ccccc2C1=O. The third kappa shape index (κ3) is 2.59. The Morgan fingerprint density at radius 1 is 1.10 bits per heavy atom. The summed E-state index contributed by atoms with van der Waals surface area (Å²) in [7, 11) is 1.28. The lowest BCUT2D eigenvalue weighted by Gasteiger charge is -2.14. The van der Waals surface area contributed by atoms with Crippen LogP contribution in [0, 0.1) is 0 Å². The number of nitrogens with zero attached hydrogens (tertiary/aromatic N) is 6. The fourth-order valence-electron chi connectivity index (χ4n) is 3.34. The van der Waals surface area contributed by atoms with Crippen LogP contribution < -0.4 is 0 Å². The zero-order valence-electron chi connectivity index (χ0n) is 15.5. The van der Waals surface area contributed by atoms with Crippen molar-refractivity contribution in [3.05, 3.63) is 64.6 Å². The van der Waals surface area contributed by atoms with E-state index in [4.69, 9.17) is 4.74 Å². The number of fused-ring (bicyclic) bond motifs is 2. The first-order chi connectivity index (χ1) is 14.6. The molecule has 0 unspecified atom stereocenters.